The van der Waals surface area contributed by atoms with Crippen LogP contribution in [-0.2, 0) is 6.42 Å². The monoisotopic (exact) mass is 270 g/mol. The van der Waals surface area contributed by atoms with Crippen molar-refractivity contribution in [1.82, 2.24) is 0 Å². The molecule has 0 aliphatic heterocycles. The van der Waals surface area contributed by atoms with E-state index in [0.717, 1.165) is 0 Å². The second-order valence-electron chi connectivity index (χ2n) is 4.02. The van der Waals surface area contributed by atoms with E-state index >= 15 is 0 Å². The van der Waals surface area contributed by atoms with Crippen molar-refractivity contribution in [2.75, 3.05) is 20.3 Å². The summed E-state index contributed by atoms with van der Waals surface area (Å²) < 4.78 is 4.98. The summed E-state index contributed by atoms with van der Waals surface area (Å²) in [7, 11) is 1.32. The predicted octanol–water partition coefficient (Wildman–Crippen LogP) is 0.596. The van der Waals surface area contributed by atoms with Gasteiger partial charge in [-0.1, -0.05) is 0 Å². The van der Waals surface area contributed by atoms with Crippen molar-refractivity contribution in [3.05, 3.63) is 17.2 Å². The number of phenols is 2. The molecule has 0 atom stereocenters. The first-order chi connectivity index (χ1) is 9.06. The Morgan fingerprint density at radius 3 is 2.47 bits per heavy atom. The van der Waals surface area contributed by atoms with E-state index in [1.165, 1.54) is 13.2 Å². The molecule has 0 saturated heterocycles. The smallest absolute Gasteiger partial charge is 0.170 e. The molecule has 6 nitrogen and oxygen atoms in total. The first-order valence-corrected chi connectivity index (χ1v) is 5.93. The lowest BCUT2D eigenvalue weighted by atomic mass is 9.98. The molecule has 19 heavy (non-hydrogen) atoms. The van der Waals surface area contributed by atoms with E-state index in [0.29, 0.717) is 0 Å². The van der Waals surface area contributed by atoms with E-state index < -0.39 is 0 Å². The fraction of sp³-hybridized carbons (Fsp3) is 0.462. The molecule has 0 fully saturated rings. The van der Waals surface area contributed by atoms with Crippen molar-refractivity contribution < 1.29 is 30.0 Å². The third-order valence-electron chi connectivity index (χ3n) is 2.77. The summed E-state index contributed by atoms with van der Waals surface area (Å²) in [6.07, 6.45) is 0.364. The van der Waals surface area contributed by atoms with E-state index in [4.69, 9.17) is 14.9 Å². The van der Waals surface area contributed by atoms with E-state index in [1.807, 2.05) is 0 Å². The van der Waals surface area contributed by atoms with Gasteiger partial charge in [-0.25, -0.2) is 0 Å². The van der Waals surface area contributed by atoms with Crippen molar-refractivity contribution in [2.45, 2.75) is 19.3 Å². The quantitative estimate of drug-likeness (QED) is 0.540. The Morgan fingerprint density at radius 2 is 1.95 bits per heavy atom. The predicted molar refractivity (Wildman–Crippen MR) is 67.8 cm³/mol. The summed E-state index contributed by atoms with van der Waals surface area (Å²) in [6, 6.07) is 1.23. The number of phenolic OH excluding ortho intramolecular Hbond substituents is 2. The van der Waals surface area contributed by atoms with Crippen LogP contribution < -0.4 is 4.74 Å². The molecule has 0 heterocycles. The number of carbonyl (C=O) groups excluding carboxylic acids is 1. The number of rotatable bonds is 7. The fourth-order valence-electron chi connectivity index (χ4n) is 1.83. The van der Waals surface area contributed by atoms with Crippen LogP contribution in [0.3, 0.4) is 0 Å². The lowest BCUT2D eigenvalue weighted by Gasteiger charge is -2.14. The molecule has 0 unspecified atom stereocenters. The highest BCUT2D eigenvalue weighted by Crippen LogP contribution is 2.38. The van der Waals surface area contributed by atoms with Crippen molar-refractivity contribution >= 4 is 5.78 Å². The van der Waals surface area contributed by atoms with Gasteiger partial charge in [-0.2, -0.15) is 0 Å². The maximum Gasteiger partial charge on any atom is 0.170 e. The molecular formula is C13H18O6. The second-order valence-corrected chi connectivity index (χ2v) is 4.02. The number of ketones is 1. The fourth-order valence-corrected chi connectivity index (χ4v) is 1.83. The standard InChI is InChI=1S/C13H18O6/c1-19-11-7-10(17)8(4-6-15)13(18)12(11)9(16)3-2-5-14/h7,14-15,17-18H,2-6H2,1H3. The summed E-state index contributed by atoms with van der Waals surface area (Å²) >= 11 is 0. The molecule has 0 bridgehead atoms. The lowest BCUT2D eigenvalue weighted by Crippen LogP contribution is -2.06. The Hall–Kier alpha value is -1.79. The molecule has 0 saturated carbocycles. The number of aliphatic hydroxyl groups is 2. The molecule has 1 aromatic rings. The summed E-state index contributed by atoms with van der Waals surface area (Å²) in [5.41, 5.74) is 0.0767. The highest BCUT2D eigenvalue weighted by Gasteiger charge is 2.22. The Balaban J connectivity index is 3.26. The number of ether oxygens (including phenoxy) is 1. The molecular weight excluding hydrogens is 252 g/mol. The third kappa shape index (κ3) is 3.36. The normalized spacial score (nSPS) is 10.5. The van der Waals surface area contributed by atoms with Crippen LogP contribution in [0, 0.1) is 0 Å². The average molecular weight is 270 g/mol. The van der Waals surface area contributed by atoms with Crippen LogP contribution in [0.1, 0.15) is 28.8 Å². The van der Waals surface area contributed by atoms with Crippen LogP contribution in [-0.4, -0.2) is 46.5 Å². The Morgan fingerprint density at radius 1 is 1.26 bits per heavy atom. The molecule has 0 spiro atoms. The summed E-state index contributed by atoms with van der Waals surface area (Å²) in [5.74, 6) is -0.932. The van der Waals surface area contributed by atoms with Crippen molar-refractivity contribution in [3.8, 4) is 17.2 Å². The highest BCUT2D eigenvalue weighted by atomic mass is 16.5. The van der Waals surface area contributed by atoms with Crippen molar-refractivity contribution in [1.29, 1.82) is 0 Å². The lowest BCUT2D eigenvalue weighted by molar-refractivity contribution is 0.0965. The van der Waals surface area contributed by atoms with E-state index in [2.05, 4.69) is 0 Å². The zero-order valence-corrected chi connectivity index (χ0v) is 10.7. The van der Waals surface area contributed by atoms with Gasteiger partial charge in [-0.15, -0.1) is 0 Å². The van der Waals surface area contributed by atoms with Gasteiger partial charge >= 0.3 is 0 Å². The van der Waals surface area contributed by atoms with Crippen LogP contribution in [0.2, 0.25) is 0 Å². The molecule has 0 radical (unpaired) electrons. The van der Waals surface area contributed by atoms with Gasteiger partial charge in [0.2, 0.25) is 0 Å². The largest absolute Gasteiger partial charge is 0.507 e. The van der Waals surface area contributed by atoms with Crippen LogP contribution in [0.5, 0.6) is 17.2 Å². The molecule has 4 N–H and O–H groups in total. The van der Waals surface area contributed by atoms with Gasteiger partial charge in [0.1, 0.15) is 22.8 Å². The molecule has 0 aromatic heterocycles. The maximum absolute atomic E-state index is 12.0. The van der Waals surface area contributed by atoms with Gasteiger partial charge in [-0.3, -0.25) is 4.79 Å². The Labute approximate surface area is 110 Å². The third-order valence-corrected chi connectivity index (χ3v) is 2.77. The number of hydrogen-bond donors (Lipinski definition) is 4. The minimum Gasteiger partial charge on any atom is -0.507 e. The molecule has 0 amide bonds. The van der Waals surface area contributed by atoms with Gasteiger partial charge in [-0.05, 0) is 6.42 Å². The zero-order chi connectivity index (χ0) is 14.4. The summed E-state index contributed by atoms with van der Waals surface area (Å²) in [4.78, 5) is 12.0. The van der Waals surface area contributed by atoms with Gasteiger partial charge in [0.15, 0.2) is 5.78 Å². The molecule has 1 rings (SSSR count). The summed E-state index contributed by atoms with van der Waals surface area (Å²) in [5, 5.41) is 37.4. The number of benzene rings is 1. The van der Waals surface area contributed by atoms with Gasteiger partial charge in [0.05, 0.1) is 7.11 Å². The zero-order valence-electron chi connectivity index (χ0n) is 10.7. The molecule has 6 heteroatoms. The van der Waals surface area contributed by atoms with Crippen LogP contribution in [0.4, 0.5) is 0 Å². The van der Waals surface area contributed by atoms with E-state index in [-0.39, 0.29) is 66.6 Å². The summed E-state index contributed by atoms with van der Waals surface area (Å²) in [6.45, 7) is -0.395. The van der Waals surface area contributed by atoms with E-state index in [1.54, 1.807) is 0 Å². The maximum atomic E-state index is 12.0. The SMILES string of the molecule is COc1cc(O)c(CCO)c(O)c1C(=O)CCCO. The first-order valence-electron chi connectivity index (χ1n) is 5.93. The van der Waals surface area contributed by atoms with Gasteiger partial charge < -0.3 is 25.2 Å². The Bertz CT molecular complexity index is 455. The molecule has 0 aliphatic carbocycles. The minimum atomic E-state index is -0.386. The number of carbonyl (C=O) groups is 1. The number of aliphatic hydroxyl groups excluding tert-OH is 2. The van der Waals surface area contributed by atoms with Crippen LogP contribution in [0.25, 0.3) is 0 Å². The topological polar surface area (TPSA) is 107 Å². The molecule has 1 aromatic carbocycles. The number of hydrogen-bond acceptors (Lipinski definition) is 6. The number of methoxy groups -OCH3 is 1. The van der Waals surface area contributed by atoms with Crippen molar-refractivity contribution in [2.24, 2.45) is 0 Å². The van der Waals surface area contributed by atoms with Crippen LogP contribution in [0.15, 0.2) is 6.07 Å². The van der Waals surface area contributed by atoms with Gasteiger partial charge in [0, 0.05) is 37.7 Å². The first kappa shape index (κ1) is 15.3. The second kappa shape index (κ2) is 6.96. The molecule has 0 aliphatic rings. The minimum absolute atomic E-state index is 0.0297. The number of aromatic hydroxyl groups is 2. The van der Waals surface area contributed by atoms with Crippen molar-refractivity contribution in [3.63, 3.8) is 0 Å². The Kier molecular flexibility index (Phi) is 5.59. The molecule has 106 valence electrons. The highest BCUT2D eigenvalue weighted by molar-refractivity contribution is 6.02. The van der Waals surface area contributed by atoms with Gasteiger partial charge in [0.25, 0.3) is 0 Å². The van der Waals surface area contributed by atoms with E-state index in [9.17, 15) is 15.0 Å². The van der Waals surface area contributed by atoms with Crippen LogP contribution >= 0.6 is 0 Å². The average Bonchev–Trinajstić information content (AvgIpc) is 2.40. The number of Topliss-reactive ketones (excluding diaryl/α,β-unsaturated/α-hetero) is 1.